The summed E-state index contributed by atoms with van der Waals surface area (Å²) in [4.78, 5) is 12.0. The lowest BCUT2D eigenvalue weighted by Gasteiger charge is -2.15. The molecule has 0 bridgehead atoms. The zero-order valence-electron chi connectivity index (χ0n) is 14.7. The van der Waals surface area contributed by atoms with E-state index in [9.17, 15) is 4.79 Å². The molecule has 1 N–H and O–H groups in total. The number of nitrogens with one attached hydrogen (secondary N) is 1. The molecule has 0 fully saturated rings. The molecule has 0 aliphatic heterocycles. The van der Waals surface area contributed by atoms with Crippen molar-refractivity contribution in [2.75, 3.05) is 6.54 Å². The molecule has 1 heterocycles. The lowest BCUT2D eigenvalue weighted by molar-refractivity contribution is -0.120. The molecule has 0 unspecified atom stereocenters. The lowest BCUT2D eigenvalue weighted by atomic mass is 10.2. The standard InChI is InChI=1S/C17H22Cl2N4OS/c1-5-20-16(24)11(4)25-17-22-21-15(23(17)9-10(2)3)13-7-6-12(18)8-14(13)19/h6-8,10-11H,5,9H2,1-4H3,(H,20,24)/t11-/m0/s1. The van der Waals surface area contributed by atoms with E-state index in [1.54, 1.807) is 12.1 Å². The molecule has 5 nitrogen and oxygen atoms in total. The molecule has 0 spiro atoms. The van der Waals surface area contributed by atoms with Crippen LogP contribution >= 0.6 is 35.0 Å². The third-order valence-electron chi connectivity index (χ3n) is 3.44. The van der Waals surface area contributed by atoms with Gasteiger partial charge in [-0.3, -0.25) is 4.79 Å². The first-order chi connectivity index (χ1) is 11.8. The number of benzene rings is 1. The van der Waals surface area contributed by atoms with Gasteiger partial charge in [0.2, 0.25) is 5.91 Å². The molecule has 0 saturated carbocycles. The van der Waals surface area contributed by atoms with Crippen molar-refractivity contribution in [2.24, 2.45) is 5.92 Å². The van der Waals surface area contributed by atoms with Gasteiger partial charge in [0, 0.05) is 23.7 Å². The number of carbonyl (C=O) groups excluding carboxylic acids is 1. The van der Waals surface area contributed by atoms with Gasteiger partial charge in [0.1, 0.15) is 0 Å². The van der Waals surface area contributed by atoms with E-state index in [1.165, 1.54) is 11.8 Å². The number of hydrogen-bond acceptors (Lipinski definition) is 4. The summed E-state index contributed by atoms with van der Waals surface area (Å²) in [5.41, 5.74) is 0.775. The average Bonchev–Trinajstić information content (AvgIpc) is 2.89. The maximum absolute atomic E-state index is 12.0. The number of carbonyl (C=O) groups is 1. The molecular formula is C17H22Cl2N4OS. The molecule has 25 heavy (non-hydrogen) atoms. The molecule has 0 aliphatic carbocycles. The van der Waals surface area contributed by atoms with Crippen LogP contribution in [0.4, 0.5) is 0 Å². The first-order valence-corrected chi connectivity index (χ1v) is 9.80. The van der Waals surface area contributed by atoms with Crippen LogP contribution < -0.4 is 5.32 Å². The van der Waals surface area contributed by atoms with Crippen molar-refractivity contribution in [1.82, 2.24) is 20.1 Å². The van der Waals surface area contributed by atoms with Gasteiger partial charge in [-0.15, -0.1) is 10.2 Å². The third kappa shape index (κ3) is 5.12. The van der Waals surface area contributed by atoms with Crippen LogP contribution in [0, 0.1) is 5.92 Å². The quantitative estimate of drug-likeness (QED) is 0.693. The normalized spacial score (nSPS) is 12.4. The van der Waals surface area contributed by atoms with Crippen LogP contribution in [0.2, 0.25) is 10.0 Å². The zero-order valence-corrected chi connectivity index (χ0v) is 17.0. The second-order valence-corrected chi connectivity index (χ2v) is 8.24. The van der Waals surface area contributed by atoms with Crippen molar-refractivity contribution in [1.29, 1.82) is 0 Å². The van der Waals surface area contributed by atoms with Crippen molar-refractivity contribution >= 4 is 40.9 Å². The Balaban J connectivity index is 2.38. The predicted molar refractivity (Wildman–Crippen MR) is 104 cm³/mol. The fraction of sp³-hybridized carbons (Fsp3) is 0.471. The molecule has 1 amide bonds. The molecule has 1 aromatic heterocycles. The molecule has 2 aromatic rings. The molecule has 1 atom stereocenters. The summed E-state index contributed by atoms with van der Waals surface area (Å²) in [5, 5.41) is 13.0. The Morgan fingerprint density at radius 1 is 1.28 bits per heavy atom. The van der Waals surface area contributed by atoms with Gasteiger partial charge >= 0.3 is 0 Å². The summed E-state index contributed by atoms with van der Waals surface area (Å²) in [5.74, 6) is 1.05. The molecule has 0 aliphatic rings. The van der Waals surface area contributed by atoms with Gasteiger partial charge in [-0.1, -0.05) is 48.8 Å². The second-order valence-electron chi connectivity index (χ2n) is 6.09. The smallest absolute Gasteiger partial charge is 0.233 e. The molecular weight excluding hydrogens is 379 g/mol. The number of rotatable bonds is 7. The van der Waals surface area contributed by atoms with E-state index in [1.807, 2.05) is 24.5 Å². The Bertz CT molecular complexity index is 748. The van der Waals surface area contributed by atoms with E-state index < -0.39 is 0 Å². The first-order valence-electron chi connectivity index (χ1n) is 8.16. The fourth-order valence-electron chi connectivity index (χ4n) is 2.31. The van der Waals surface area contributed by atoms with Crippen LogP contribution in [0.5, 0.6) is 0 Å². The fourth-order valence-corrected chi connectivity index (χ4v) is 3.68. The minimum atomic E-state index is -0.261. The number of aromatic nitrogens is 3. The maximum atomic E-state index is 12.0. The van der Waals surface area contributed by atoms with Crippen LogP contribution in [0.1, 0.15) is 27.7 Å². The number of thioether (sulfide) groups is 1. The van der Waals surface area contributed by atoms with Crippen LogP contribution in [-0.4, -0.2) is 32.5 Å². The molecule has 2 rings (SSSR count). The Morgan fingerprint density at radius 2 is 2.00 bits per heavy atom. The van der Waals surface area contributed by atoms with Crippen molar-refractivity contribution < 1.29 is 4.79 Å². The largest absolute Gasteiger partial charge is 0.355 e. The van der Waals surface area contributed by atoms with E-state index in [-0.39, 0.29) is 11.2 Å². The van der Waals surface area contributed by atoms with Crippen LogP contribution in [-0.2, 0) is 11.3 Å². The van der Waals surface area contributed by atoms with Crippen molar-refractivity contribution in [2.45, 2.75) is 44.6 Å². The highest BCUT2D eigenvalue weighted by Gasteiger charge is 2.22. The lowest BCUT2D eigenvalue weighted by Crippen LogP contribution is -2.30. The van der Waals surface area contributed by atoms with Gasteiger partial charge in [-0.25, -0.2) is 0 Å². The molecule has 0 radical (unpaired) electrons. The van der Waals surface area contributed by atoms with E-state index in [2.05, 4.69) is 29.4 Å². The Hall–Kier alpha value is -1.24. The van der Waals surface area contributed by atoms with Gasteiger partial charge in [0.05, 0.1) is 10.3 Å². The third-order valence-corrected chi connectivity index (χ3v) is 5.07. The highest BCUT2D eigenvalue weighted by molar-refractivity contribution is 8.00. The summed E-state index contributed by atoms with van der Waals surface area (Å²) < 4.78 is 2.01. The van der Waals surface area contributed by atoms with Crippen LogP contribution in [0.15, 0.2) is 23.4 Å². The van der Waals surface area contributed by atoms with E-state index in [0.29, 0.717) is 33.5 Å². The first kappa shape index (κ1) is 20.1. The SMILES string of the molecule is CCNC(=O)[C@H](C)Sc1nnc(-c2ccc(Cl)cc2Cl)n1CC(C)C. The van der Waals surface area contributed by atoms with E-state index >= 15 is 0 Å². The highest BCUT2D eigenvalue weighted by atomic mass is 35.5. The molecule has 0 saturated heterocycles. The van der Waals surface area contributed by atoms with E-state index in [4.69, 9.17) is 23.2 Å². The van der Waals surface area contributed by atoms with Crippen molar-refractivity contribution in [3.8, 4) is 11.4 Å². The van der Waals surface area contributed by atoms with E-state index in [0.717, 1.165) is 12.1 Å². The highest BCUT2D eigenvalue weighted by Crippen LogP contribution is 2.32. The van der Waals surface area contributed by atoms with Gasteiger partial charge in [0.25, 0.3) is 0 Å². The number of hydrogen-bond donors (Lipinski definition) is 1. The average molecular weight is 401 g/mol. The van der Waals surface area contributed by atoms with Gasteiger partial charge < -0.3 is 9.88 Å². The van der Waals surface area contributed by atoms with Gasteiger partial charge in [0.15, 0.2) is 11.0 Å². The zero-order chi connectivity index (χ0) is 18.6. The molecule has 8 heteroatoms. The topological polar surface area (TPSA) is 59.8 Å². The van der Waals surface area contributed by atoms with Gasteiger partial charge in [-0.2, -0.15) is 0 Å². The summed E-state index contributed by atoms with van der Waals surface area (Å²) in [6.07, 6.45) is 0. The van der Waals surface area contributed by atoms with Crippen LogP contribution in [0.3, 0.4) is 0 Å². The van der Waals surface area contributed by atoms with Crippen molar-refractivity contribution in [3.05, 3.63) is 28.2 Å². The number of amides is 1. The second kappa shape index (κ2) is 8.92. The number of halogens is 2. The summed E-state index contributed by atoms with van der Waals surface area (Å²) >= 11 is 13.7. The van der Waals surface area contributed by atoms with Crippen LogP contribution in [0.25, 0.3) is 11.4 Å². The minimum Gasteiger partial charge on any atom is -0.355 e. The Morgan fingerprint density at radius 3 is 2.60 bits per heavy atom. The van der Waals surface area contributed by atoms with Gasteiger partial charge in [-0.05, 0) is 38.0 Å². The Labute approximate surface area is 162 Å². The monoisotopic (exact) mass is 400 g/mol. The minimum absolute atomic E-state index is 0.0160. The molecule has 1 aromatic carbocycles. The number of nitrogens with zero attached hydrogens (tertiary/aromatic N) is 3. The summed E-state index contributed by atoms with van der Waals surface area (Å²) in [7, 11) is 0. The Kier molecular flexibility index (Phi) is 7.16. The maximum Gasteiger partial charge on any atom is 0.233 e. The summed E-state index contributed by atoms with van der Waals surface area (Å²) in [6, 6.07) is 5.31. The summed E-state index contributed by atoms with van der Waals surface area (Å²) in [6.45, 7) is 9.33. The molecule has 136 valence electrons. The van der Waals surface area contributed by atoms with Crippen molar-refractivity contribution in [3.63, 3.8) is 0 Å². The predicted octanol–water partition coefficient (Wildman–Crippen LogP) is 4.52.